The van der Waals surface area contributed by atoms with Gasteiger partial charge in [-0.1, -0.05) is 18.7 Å². The van der Waals surface area contributed by atoms with Gasteiger partial charge in [-0.15, -0.1) is 0 Å². The van der Waals surface area contributed by atoms with E-state index in [1.54, 1.807) is 18.3 Å². The first-order chi connectivity index (χ1) is 11.7. The molecule has 1 aromatic carbocycles. The average molecular weight is 347 g/mol. The highest BCUT2D eigenvalue weighted by molar-refractivity contribution is 7.99. The number of nitrogens with one attached hydrogen (secondary N) is 1. The molecule has 1 aliphatic rings. The fourth-order valence-corrected chi connectivity index (χ4v) is 3.85. The Kier molecular flexibility index (Phi) is 5.56. The van der Waals surface area contributed by atoms with Crippen LogP contribution in [0, 0.1) is 5.82 Å². The van der Waals surface area contributed by atoms with Crippen molar-refractivity contribution >= 4 is 17.7 Å². The third kappa shape index (κ3) is 3.98. The summed E-state index contributed by atoms with van der Waals surface area (Å²) in [4.78, 5) is 22.0. The van der Waals surface area contributed by atoms with Crippen LogP contribution in [0.1, 0.15) is 32.6 Å². The molecule has 24 heavy (non-hydrogen) atoms. The van der Waals surface area contributed by atoms with E-state index < -0.39 is 0 Å². The number of benzene rings is 1. The van der Waals surface area contributed by atoms with Crippen molar-refractivity contribution in [3.05, 3.63) is 36.3 Å². The summed E-state index contributed by atoms with van der Waals surface area (Å²) in [5, 5.41) is 0.715. The van der Waals surface area contributed by atoms with Crippen molar-refractivity contribution in [1.29, 1.82) is 0 Å². The second-order valence-corrected chi connectivity index (χ2v) is 7.01. The van der Waals surface area contributed by atoms with E-state index >= 15 is 0 Å². The number of carbonyl (C=O) groups excluding carboxylic acids is 1. The van der Waals surface area contributed by atoms with Crippen molar-refractivity contribution in [2.24, 2.45) is 0 Å². The molecular formula is C18H22FN3OS. The van der Waals surface area contributed by atoms with E-state index in [1.165, 1.54) is 30.3 Å². The lowest BCUT2D eigenvalue weighted by Crippen LogP contribution is -2.44. The molecule has 1 saturated heterocycles. The first kappa shape index (κ1) is 17.0. The van der Waals surface area contributed by atoms with Crippen molar-refractivity contribution in [1.82, 2.24) is 14.9 Å². The van der Waals surface area contributed by atoms with Gasteiger partial charge in [-0.25, -0.2) is 9.37 Å². The zero-order chi connectivity index (χ0) is 16.9. The van der Waals surface area contributed by atoms with Gasteiger partial charge in [0.1, 0.15) is 5.82 Å². The van der Waals surface area contributed by atoms with Gasteiger partial charge in [0.25, 0.3) is 0 Å². The fraction of sp³-hybridized carbons (Fsp3) is 0.444. The minimum Gasteiger partial charge on any atom is -0.339 e. The number of carbonyl (C=O) groups is 1. The van der Waals surface area contributed by atoms with Crippen LogP contribution in [0.5, 0.6) is 0 Å². The SMILES string of the molecule is CC[C@@H]1CCCCN1C(=O)CSc1ncc(-c2ccc(F)cc2)[nH]1. The molecule has 0 unspecified atom stereocenters. The zero-order valence-corrected chi connectivity index (χ0v) is 14.6. The van der Waals surface area contributed by atoms with Crippen LogP contribution in [0.25, 0.3) is 11.3 Å². The number of rotatable bonds is 5. The summed E-state index contributed by atoms with van der Waals surface area (Å²) in [5.41, 5.74) is 1.71. The summed E-state index contributed by atoms with van der Waals surface area (Å²) in [6.45, 7) is 3.02. The van der Waals surface area contributed by atoms with E-state index in [0.29, 0.717) is 17.0 Å². The topological polar surface area (TPSA) is 49.0 Å². The van der Waals surface area contributed by atoms with E-state index in [9.17, 15) is 9.18 Å². The van der Waals surface area contributed by atoms with Crippen LogP contribution in [-0.4, -0.2) is 39.1 Å². The number of piperidine rings is 1. The average Bonchev–Trinajstić information content (AvgIpc) is 3.09. The molecule has 0 radical (unpaired) electrons. The molecule has 1 N–H and O–H groups in total. The Morgan fingerprint density at radius 2 is 2.17 bits per heavy atom. The summed E-state index contributed by atoms with van der Waals surface area (Å²) in [7, 11) is 0. The molecule has 1 aromatic heterocycles. The zero-order valence-electron chi connectivity index (χ0n) is 13.8. The van der Waals surface area contributed by atoms with Gasteiger partial charge in [0.15, 0.2) is 5.16 Å². The summed E-state index contributed by atoms with van der Waals surface area (Å²) in [6, 6.07) is 6.66. The van der Waals surface area contributed by atoms with Crippen LogP contribution in [0.15, 0.2) is 35.6 Å². The third-order valence-electron chi connectivity index (χ3n) is 4.46. The lowest BCUT2D eigenvalue weighted by Gasteiger charge is -2.35. The quantitative estimate of drug-likeness (QED) is 0.829. The number of H-pyrrole nitrogens is 1. The Morgan fingerprint density at radius 1 is 1.38 bits per heavy atom. The minimum absolute atomic E-state index is 0.186. The predicted octanol–water partition coefficient (Wildman–Crippen LogP) is 4.10. The maximum absolute atomic E-state index is 13.0. The highest BCUT2D eigenvalue weighted by Crippen LogP contribution is 2.24. The Bertz CT molecular complexity index is 686. The minimum atomic E-state index is -0.259. The molecule has 1 fully saturated rings. The largest absolute Gasteiger partial charge is 0.339 e. The molecule has 0 spiro atoms. The first-order valence-electron chi connectivity index (χ1n) is 8.40. The first-order valence-corrected chi connectivity index (χ1v) is 9.39. The standard InChI is InChI=1S/C18H22FN3OS/c1-2-15-5-3-4-10-22(15)17(23)12-24-18-20-11-16(21-18)13-6-8-14(19)9-7-13/h6-9,11,15H,2-5,10,12H2,1H3,(H,20,21)/t15-/m1/s1. The molecule has 0 bridgehead atoms. The van der Waals surface area contributed by atoms with Gasteiger partial charge in [0.05, 0.1) is 17.6 Å². The van der Waals surface area contributed by atoms with Crippen LogP contribution < -0.4 is 0 Å². The van der Waals surface area contributed by atoms with Gasteiger partial charge < -0.3 is 9.88 Å². The van der Waals surface area contributed by atoms with Gasteiger partial charge in [-0.2, -0.15) is 0 Å². The molecule has 6 heteroatoms. The van der Waals surface area contributed by atoms with E-state index in [1.807, 2.05) is 4.90 Å². The predicted molar refractivity (Wildman–Crippen MR) is 94.3 cm³/mol. The normalized spacial score (nSPS) is 17.9. The van der Waals surface area contributed by atoms with E-state index in [4.69, 9.17) is 0 Å². The number of imidazole rings is 1. The van der Waals surface area contributed by atoms with Gasteiger partial charge in [-0.05, 0) is 55.5 Å². The molecule has 1 aliphatic heterocycles. The van der Waals surface area contributed by atoms with Crippen LogP contribution in [-0.2, 0) is 4.79 Å². The smallest absolute Gasteiger partial charge is 0.233 e. The highest BCUT2D eigenvalue weighted by Gasteiger charge is 2.25. The number of likely N-dealkylation sites (tertiary alicyclic amines) is 1. The fourth-order valence-electron chi connectivity index (χ4n) is 3.12. The number of nitrogens with zero attached hydrogens (tertiary/aromatic N) is 2. The van der Waals surface area contributed by atoms with Gasteiger partial charge in [0.2, 0.25) is 5.91 Å². The molecule has 4 nitrogen and oxygen atoms in total. The maximum atomic E-state index is 13.0. The molecule has 3 rings (SSSR count). The van der Waals surface area contributed by atoms with Gasteiger partial charge in [-0.3, -0.25) is 4.79 Å². The van der Waals surface area contributed by atoms with Crippen molar-refractivity contribution < 1.29 is 9.18 Å². The second kappa shape index (κ2) is 7.83. The molecule has 128 valence electrons. The molecular weight excluding hydrogens is 325 g/mol. The number of amides is 1. The van der Waals surface area contributed by atoms with Crippen LogP contribution in [0.3, 0.4) is 0 Å². The van der Waals surface area contributed by atoms with Gasteiger partial charge in [0, 0.05) is 12.6 Å². The third-order valence-corrected chi connectivity index (χ3v) is 5.33. The Balaban J connectivity index is 1.59. The van der Waals surface area contributed by atoms with Crippen LogP contribution >= 0.6 is 11.8 Å². The highest BCUT2D eigenvalue weighted by atomic mass is 32.2. The number of aromatic amines is 1. The number of hydrogen-bond donors (Lipinski definition) is 1. The molecule has 2 heterocycles. The van der Waals surface area contributed by atoms with Crippen molar-refractivity contribution in [2.75, 3.05) is 12.3 Å². The number of aromatic nitrogens is 2. The van der Waals surface area contributed by atoms with Crippen molar-refractivity contribution in [2.45, 2.75) is 43.8 Å². The monoisotopic (exact) mass is 347 g/mol. The summed E-state index contributed by atoms with van der Waals surface area (Å²) in [6.07, 6.45) is 6.17. The molecule has 1 amide bonds. The maximum Gasteiger partial charge on any atom is 0.233 e. The Labute approximate surface area is 145 Å². The number of halogens is 1. The number of thioether (sulfide) groups is 1. The Hall–Kier alpha value is -1.82. The van der Waals surface area contributed by atoms with Crippen LogP contribution in [0.4, 0.5) is 4.39 Å². The van der Waals surface area contributed by atoms with Crippen LogP contribution in [0.2, 0.25) is 0 Å². The summed E-state index contributed by atoms with van der Waals surface area (Å²) < 4.78 is 13.0. The molecule has 0 saturated carbocycles. The van der Waals surface area contributed by atoms with E-state index in [-0.39, 0.29) is 11.7 Å². The summed E-state index contributed by atoms with van der Waals surface area (Å²) in [5.74, 6) is 0.323. The Morgan fingerprint density at radius 3 is 2.92 bits per heavy atom. The lowest BCUT2D eigenvalue weighted by molar-refractivity contribution is -0.132. The van der Waals surface area contributed by atoms with Crippen molar-refractivity contribution in [3.63, 3.8) is 0 Å². The van der Waals surface area contributed by atoms with E-state index in [2.05, 4.69) is 16.9 Å². The van der Waals surface area contributed by atoms with Gasteiger partial charge >= 0.3 is 0 Å². The van der Waals surface area contributed by atoms with E-state index in [0.717, 1.165) is 37.1 Å². The summed E-state index contributed by atoms with van der Waals surface area (Å²) >= 11 is 1.42. The number of hydrogen-bond acceptors (Lipinski definition) is 3. The molecule has 0 aliphatic carbocycles. The lowest BCUT2D eigenvalue weighted by atomic mass is 10.0. The second-order valence-electron chi connectivity index (χ2n) is 6.04. The van der Waals surface area contributed by atoms with Crippen molar-refractivity contribution in [3.8, 4) is 11.3 Å². The molecule has 1 atom stereocenters. The molecule has 2 aromatic rings.